The van der Waals surface area contributed by atoms with Gasteiger partial charge in [-0.15, -0.1) is 0 Å². The summed E-state index contributed by atoms with van der Waals surface area (Å²) in [5.41, 5.74) is 5.84. The first-order valence-corrected chi connectivity index (χ1v) is 11.3. The Labute approximate surface area is 167 Å². The number of amides is 3. The predicted octanol–water partition coefficient (Wildman–Crippen LogP) is 0.563. The van der Waals surface area contributed by atoms with Crippen LogP contribution in [0.3, 0.4) is 0 Å². The van der Waals surface area contributed by atoms with Gasteiger partial charge in [0.1, 0.15) is 0 Å². The third kappa shape index (κ3) is 4.96. The SMILES string of the molecule is O=C(NCCCNC1NNC(=O)C2CCCNC12)NC1CC1C1CCCCC1. The topological polar surface area (TPSA) is 106 Å². The van der Waals surface area contributed by atoms with Gasteiger partial charge >= 0.3 is 6.03 Å². The van der Waals surface area contributed by atoms with Crippen LogP contribution in [-0.4, -0.2) is 49.8 Å². The molecule has 0 radical (unpaired) electrons. The largest absolute Gasteiger partial charge is 0.338 e. The van der Waals surface area contributed by atoms with Gasteiger partial charge < -0.3 is 16.0 Å². The summed E-state index contributed by atoms with van der Waals surface area (Å²) in [4.78, 5) is 24.0. The third-order valence-corrected chi connectivity index (χ3v) is 6.97. The van der Waals surface area contributed by atoms with Gasteiger partial charge in [0.25, 0.3) is 0 Å². The second-order valence-electron chi connectivity index (χ2n) is 8.95. The lowest BCUT2D eigenvalue weighted by atomic mass is 9.85. The van der Waals surface area contributed by atoms with Crippen LogP contribution in [0, 0.1) is 17.8 Å². The van der Waals surface area contributed by atoms with Crippen LogP contribution in [0.15, 0.2) is 0 Å². The van der Waals surface area contributed by atoms with Crippen LogP contribution in [0.25, 0.3) is 0 Å². The van der Waals surface area contributed by atoms with Crippen molar-refractivity contribution < 1.29 is 9.59 Å². The summed E-state index contributed by atoms with van der Waals surface area (Å²) in [5, 5.41) is 13.0. The fraction of sp³-hybridized carbons (Fsp3) is 0.900. The lowest BCUT2D eigenvalue weighted by molar-refractivity contribution is -0.131. The molecule has 4 aliphatic rings. The van der Waals surface area contributed by atoms with E-state index in [4.69, 9.17) is 0 Å². The van der Waals surface area contributed by atoms with Gasteiger partial charge in [0, 0.05) is 18.6 Å². The summed E-state index contributed by atoms with van der Waals surface area (Å²) in [6, 6.07) is 0.497. The molecule has 2 heterocycles. The summed E-state index contributed by atoms with van der Waals surface area (Å²) in [7, 11) is 0. The van der Waals surface area contributed by atoms with Gasteiger partial charge in [0.05, 0.1) is 12.1 Å². The first-order chi connectivity index (χ1) is 13.7. The molecule has 5 atom stereocenters. The van der Waals surface area contributed by atoms with Gasteiger partial charge in [-0.1, -0.05) is 32.1 Å². The number of hydrogen-bond acceptors (Lipinski definition) is 5. The highest BCUT2D eigenvalue weighted by Crippen LogP contribution is 2.44. The molecule has 28 heavy (non-hydrogen) atoms. The van der Waals surface area contributed by atoms with Crippen LogP contribution in [0.1, 0.15) is 57.8 Å². The van der Waals surface area contributed by atoms with Crippen molar-refractivity contribution in [1.82, 2.24) is 32.1 Å². The van der Waals surface area contributed by atoms with Gasteiger partial charge in [-0.25, -0.2) is 10.2 Å². The zero-order chi connectivity index (χ0) is 19.3. The maximum Gasteiger partial charge on any atom is 0.315 e. The molecule has 4 fully saturated rings. The molecule has 8 heteroatoms. The van der Waals surface area contributed by atoms with Crippen LogP contribution in [-0.2, 0) is 4.79 Å². The number of rotatable bonds is 7. The number of piperidine rings is 1. The molecule has 0 aromatic carbocycles. The summed E-state index contributed by atoms with van der Waals surface area (Å²) < 4.78 is 0. The molecule has 0 aromatic rings. The molecular formula is C20H36N6O2. The van der Waals surface area contributed by atoms with E-state index in [1.807, 2.05) is 0 Å². The molecule has 0 bridgehead atoms. The van der Waals surface area contributed by atoms with E-state index in [0.29, 0.717) is 12.6 Å². The van der Waals surface area contributed by atoms with Crippen molar-refractivity contribution >= 4 is 11.9 Å². The predicted molar refractivity (Wildman–Crippen MR) is 107 cm³/mol. The molecule has 3 amide bonds. The van der Waals surface area contributed by atoms with Gasteiger partial charge in [-0.05, 0) is 50.6 Å². The van der Waals surface area contributed by atoms with Crippen LogP contribution >= 0.6 is 0 Å². The minimum atomic E-state index is -0.0274. The van der Waals surface area contributed by atoms with Crippen molar-refractivity contribution in [3.63, 3.8) is 0 Å². The van der Waals surface area contributed by atoms with E-state index in [1.165, 1.54) is 32.1 Å². The first-order valence-electron chi connectivity index (χ1n) is 11.3. The number of urea groups is 1. The lowest BCUT2D eigenvalue weighted by Gasteiger charge is -2.42. The fourth-order valence-corrected chi connectivity index (χ4v) is 5.30. The number of nitrogens with one attached hydrogen (secondary N) is 6. The van der Waals surface area contributed by atoms with Gasteiger partial charge in [0.2, 0.25) is 5.91 Å². The molecule has 158 valence electrons. The molecule has 5 unspecified atom stereocenters. The van der Waals surface area contributed by atoms with Crippen molar-refractivity contribution in [3.8, 4) is 0 Å². The van der Waals surface area contributed by atoms with Crippen LogP contribution in [0.2, 0.25) is 0 Å². The van der Waals surface area contributed by atoms with Crippen molar-refractivity contribution in [2.45, 2.75) is 76.0 Å². The average Bonchev–Trinajstić information content (AvgIpc) is 3.49. The van der Waals surface area contributed by atoms with E-state index in [-0.39, 0.29) is 30.1 Å². The molecule has 0 spiro atoms. The average molecular weight is 393 g/mol. The highest BCUT2D eigenvalue weighted by atomic mass is 16.2. The Morgan fingerprint density at radius 1 is 1.07 bits per heavy atom. The minimum Gasteiger partial charge on any atom is -0.338 e. The molecule has 2 aliphatic carbocycles. The molecule has 6 N–H and O–H groups in total. The molecular weight excluding hydrogens is 356 g/mol. The molecule has 0 aromatic heterocycles. The Kier molecular flexibility index (Phi) is 6.69. The minimum absolute atomic E-state index is 0.0274. The van der Waals surface area contributed by atoms with Gasteiger partial charge in [-0.3, -0.25) is 15.5 Å². The van der Waals surface area contributed by atoms with E-state index in [0.717, 1.165) is 50.6 Å². The fourth-order valence-electron chi connectivity index (χ4n) is 5.30. The zero-order valence-corrected chi connectivity index (χ0v) is 16.8. The number of fused-ring (bicyclic) bond motifs is 1. The smallest absolute Gasteiger partial charge is 0.315 e. The summed E-state index contributed by atoms with van der Waals surface area (Å²) in [6.45, 7) is 2.39. The van der Waals surface area contributed by atoms with Crippen molar-refractivity contribution in [2.75, 3.05) is 19.6 Å². The zero-order valence-electron chi connectivity index (χ0n) is 16.8. The summed E-state index contributed by atoms with van der Waals surface area (Å²) >= 11 is 0. The van der Waals surface area contributed by atoms with Gasteiger partial charge in [0.15, 0.2) is 0 Å². The Morgan fingerprint density at radius 3 is 2.79 bits per heavy atom. The lowest BCUT2D eigenvalue weighted by Crippen LogP contribution is -2.71. The van der Waals surface area contributed by atoms with Crippen molar-refractivity contribution in [3.05, 3.63) is 0 Å². The van der Waals surface area contributed by atoms with E-state index >= 15 is 0 Å². The van der Waals surface area contributed by atoms with E-state index in [9.17, 15) is 9.59 Å². The number of hydrazine groups is 1. The first kappa shape index (κ1) is 19.9. The van der Waals surface area contributed by atoms with E-state index < -0.39 is 0 Å². The van der Waals surface area contributed by atoms with Gasteiger partial charge in [-0.2, -0.15) is 0 Å². The van der Waals surface area contributed by atoms with E-state index in [2.05, 4.69) is 32.1 Å². The van der Waals surface area contributed by atoms with Crippen LogP contribution in [0.4, 0.5) is 4.79 Å². The molecule has 4 rings (SSSR count). The second-order valence-corrected chi connectivity index (χ2v) is 8.95. The Hall–Kier alpha value is -1.38. The molecule has 2 aliphatic heterocycles. The number of carbonyl (C=O) groups is 2. The van der Waals surface area contributed by atoms with E-state index in [1.54, 1.807) is 0 Å². The molecule has 2 saturated heterocycles. The maximum atomic E-state index is 12.1. The van der Waals surface area contributed by atoms with Crippen molar-refractivity contribution in [1.29, 1.82) is 0 Å². The van der Waals surface area contributed by atoms with Crippen LogP contribution < -0.4 is 32.1 Å². The number of carbonyl (C=O) groups excluding carboxylic acids is 2. The Morgan fingerprint density at radius 2 is 1.93 bits per heavy atom. The highest BCUT2D eigenvalue weighted by molar-refractivity contribution is 5.80. The molecule has 2 saturated carbocycles. The summed E-state index contributed by atoms with van der Waals surface area (Å²) in [5.74, 6) is 1.67. The second kappa shape index (κ2) is 9.41. The monoisotopic (exact) mass is 392 g/mol. The quantitative estimate of drug-likeness (QED) is 0.355. The van der Waals surface area contributed by atoms with Crippen molar-refractivity contribution in [2.24, 2.45) is 17.8 Å². The standard InChI is InChI=1S/C20H36N6O2/c27-19-14-8-4-9-21-17(14)18(25-26-19)22-10-5-11-23-20(28)24-16-12-15(16)13-6-2-1-3-7-13/h13-18,21-22,25H,1-12H2,(H,26,27)(H2,23,24,28). The molecule has 8 nitrogen and oxygen atoms in total. The number of hydrogen-bond donors (Lipinski definition) is 6. The normalized spacial score (nSPS) is 35.6. The Balaban J connectivity index is 1.07. The maximum absolute atomic E-state index is 12.1. The third-order valence-electron chi connectivity index (χ3n) is 6.97. The highest BCUT2D eigenvalue weighted by Gasteiger charge is 2.43. The Bertz CT molecular complexity index is 553. The summed E-state index contributed by atoms with van der Waals surface area (Å²) in [6.07, 6.45) is 10.8. The van der Waals surface area contributed by atoms with Crippen LogP contribution in [0.5, 0.6) is 0 Å².